The Morgan fingerprint density at radius 2 is 1.65 bits per heavy atom. The first-order valence-electron chi connectivity index (χ1n) is 6.55. The van der Waals surface area contributed by atoms with Gasteiger partial charge in [0, 0.05) is 33.9 Å². The minimum Gasteiger partial charge on any atom is -0.398 e. The average Bonchev–Trinajstić information content (AvgIpc) is 2.86. The van der Waals surface area contributed by atoms with Crippen molar-refractivity contribution in [3.05, 3.63) is 60.8 Å². The largest absolute Gasteiger partial charge is 0.398 e. The van der Waals surface area contributed by atoms with Crippen LogP contribution in [0, 0.1) is 0 Å². The summed E-state index contributed by atoms with van der Waals surface area (Å²) in [4.78, 5) is 7.97. The first kappa shape index (κ1) is 11.1. The van der Waals surface area contributed by atoms with Crippen LogP contribution >= 0.6 is 0 Å². The van der Waals surface area contributed by atoms with E-state index in [0.717, 1.165) is 38.8 Å². The zero-order valence-electron chi connectivity index (χ0n) is 10.8. The van der Waals surface area contributed by atoms with Crippen LogP contribution in [-0.4, -0.2) is 9.97 Å². The van der Waals surface area contributed by atoms with Crippen LogP contribution in [0.4, 0.5) is 5.69 Å². The fourth-order valence-corrected chi connectivity index (χ4v) is 2.69. The van der Waals surface area contributed by atoms with Gasteiger partial charge in [0.15, 0.2) is 0 Å². The molecule has 0 aliphatic heterocycles. The van der Waals surface area contributed by atoms with Gasteiger partial charge in [0.25, 0.3) is 0 Å². The number of fused-ring (bicyclic) bond motifs is 3. The Bertz CT molecular complexity index is 922. The van der Waals surface area contributed by atoms with Crippen LogP contribution in [0.1, 0.15) is 0 Å². The highest BCUT2D eigenvalue weighted by atomic mass is 14.8. The third-order valence-corrected chi connectivity index (χ3v) is 3.64. The number of nitrogens with zero attached hydrogens (tertiary/aromatic N) is 1. The number of hydrogen-bond donors (Lipinski definition) is 2. The molecule has 3 heteroatoms. The molecule has 0 unspecified atom stereocenters. The van der Waals surface area contributed by atoms with Crippen LogP contribution in [0.15, 0.2) is 60.8 Å². The number of nitrogen functional groups attached to an aromatic ring is 1. The second-order valence-electron chi connectivity index (χ2n) is 4.84. The summed E-state index contributed by atoms with van der Waals surface area (Å²) in [6.45, 7) is 0. The van der Waals surface area contributed by atoms with Gasteiger partial charge in [-0.05, 0) is 18.2 Å². The summed E-state index contributed by atoms with van der Waals surface area (Å²) < 4.78 is 0. The maximum atomic E-state index is 6.10. The smallest absolute Gasteiger partial charge is 0.0963 e. The molecule has 0 bridgehead atoms. The fraction of sp³-hybridized carbons (Fsp3) is 0. The van der Waals surface area contributed by atoms with Gasteiger partial charge in [-0.25, -0.2) is 0 Å². The van der Waals surface area contributed by atoms with Crippen molar-refractivity contribution in [2.45, 2.75) is 0 Å². The highest BCUT2D eigenvalue weighted by molar-refractivity contribution is 6.10. The third-order valence-electron chi connectivity index (χ3n) is 3.64. The molecule has 4 aromatic rings. The van der Waals surface area contributed by atoms with E-state index < -0.39 is 0 Å². The lowest BCUT2D eigenvalue weighted by molar-refractivity contribution is 1.41. The van der Waals surface area contributed by atoms with Gasteiger partial charge in [-0.3, -0.25) is 4.98 Å². The molecule has 0 spiro atoms. The van der Waals surface area contributed by atoms with Gasteiger partial charge in [0.1, 0.15) is 0 Å². The number of aromatic nitrogens is 2. The van der Waals surface area contributed by atoms with Gasteiger partial charge >= 0.3 is 0 Å². The highest BCUT2D eigenvalue weighted by Crippen LogP contribution is 2.33. The molecule has 0 saturated heterocycles. The molecule has 0 aliphatic carbocycles. The van der Waals surface area contributed by atoms with E-state index in [0.29, 0.717) is 0 Å². The molecule has 0 aliphatic rings. The summed E-state index contributed by atoms with van der Waals surface area (Å²) in [5.74, 6) is 0. The molecule has 96 valence electrons. The van der Waals surface area contributed by atoms with Gasteiger partial charge in [-0.15, -0.1) is 0 Å². The van der Waals surface area contributed by atoms with Gasteiger partial charge in [0.05, 0.1) is 11.0 Å². The molecule has 3 nitrogen and oxygen atoms in total. The van der Waals surface area contributed by atoms with Crippen molar-refractivity contribution in [1.29, 1.82) is 0 Å². The van der Waals surface area contributed by atoms with Crippen LogP contribution in [0.5, 0.6) is 0 Å². The number of nitrogens with two attached hydrogens (primary N) is 1. The van der Waals surface area contributed by atoms with E-state index in [1.165, 1.54) is 0 Å². The summed E-state index contributed by atoms with van der Waals surface area (Å²) in [6, 6.07) is 18.1. The number of hydrogen-bond acceptors (Lipinski definition) is 2. The number of para-hydroxylation sites is 2. The van der Waals surface area contributed by atoms with Crippen molar-refractivity contribution >= 4 is 27.6 Å². The van der Waals surface area contributed by atoms with Crippen molar-refractivity contribution in [2.24, 2.45) is 0 Å². The zero-order valence-corrected chi connectivity index (χ0v) is 10.8. The van der Waals surface area contributed by atoms with Crippen molar-refractivity contribution in [2.75, 3.05) is 5.73 Å². The average molecular weight is 259 g/mol. The Hall–Kier alpha value is -2.81. The molecule has 2 aromatic heterocycles. The number of anilines is 1. The lowest BCUT2D eigenvalue weighted by Gasteiger charge is -2.06. The number of rotatable bonds is 1. The van der Waals surface area contributed by atoms with Crippen LogP contribution in [0.2, 0.25) is 0 Å². The molecular weight excluding hydrogens is 246 g/mol. The van der Waals surface area contributed by atoms with Crippen LogP contribution in [0.3, 0.4) is 0 Å². The predicted molar refractivity (Wildman–Crippen MR) is 83.4 cm³/mol. The van der Waals surface area contributed by atoms with E-state index >= 15 is 0 Å². The SMILES string of the molecule is Nc1ccccc1-c1ccnc2c1[nH]c1ccccc12. The molecule has 0 atom stereocenters. The van der Waals surface area contributed by atoms with E-state index in [1.807, 2.05) is 48.7 Å². The van der Waals surface area contributed by atoms with Crippen molar-refractivity contribution in [3.8, 4) is 11.1 Å². The third kappa shape index (κ3) is 1.50. The molecular formula is C17H13N3. The highest BCUT2D eigenvalue weighted by Gasteiger charge is 2.11. The van der Waals surface area contributed by atoms with E-state index in [-0.39, 0.29) is 0 Å². The number of pyridine rings is 1. The van der Waals surface area contributed by atoms with E-state index in [2.05, 4.69) is 22.1 Å². The van der Waals surface area contributed by atoms with E-state index in [9.17, 15) is 0 Å². The number of H-pyrrole nitrogens is 1. The van der Waals surface area contributed by atoms with Crippen molar-refractivity contribution in [3.63, 3.8) is 0 Å². The Balaban J connectivity index is 2.13. The summed E-state index contributed by atoms with van der Waals surface area (Å²) in [5.41, 5.74) is 12.1. The quantitative estimate of drug-likeness (QED) is 0.508. The normalized spacial score (nSPS) is 11.2. The lowest BCUT2D eigenvalue weighted by atomic mass is 10.0. The Morgan fingerprint density at radius 1 is 0.850 bits per heavy atom. The predicted octanol–water partition coefficient (Wildman–Crippen LogP) is 3.97. The Morgan fingerprint density at radius 3 is 2.55 bits per heavy atom. The topological polar surface area (TPSA) is 54.7 Å². The maximum absolute atomic E-state index is 6.10. The first-order chi connectivity index (χ1) is 9.84. The zero-order chi connectivity index (χ0) is 13.5. The van der Waals surface area contributed by atoms with Crippen LogP contribution in [-0.2, 0) is 0 Å². The second kappa shape index (κ2) is 4.10. The van der Waals surface area contributed by atoms with Gasteiger partial charge < -0.3 is 10.7 Å². The molecule has 0 fully saturated rings. The molecule has 2 heterocycles. The van der Waals surface area contributed by atoms with Gasteiger partial charge in [-0.1, -0.05) is 36.4 Å². The molecule has 0 saturated carbocycles. The Labute approximate surface area is 116 Å². The van der Waals surface area contributed by atoms with Crippen molar-refractivity contribution < 1.29 is 0 Å². The molecule has 0 radical (unpaired) electrons. The summed E-state index contributed by atoms with van der Waals surface area (Å²) >= 11 is 0. The molecule has 0 amide bonds. The van der Waals surface area contributed by atoms with Crippen LogP contribution in [0.25, 0.3) is 33.1 Å². The molecule has 2 aromatic carbocycles. The maximum Gasteiger partial charge on any atom is 0.0963 e. The minimum atomic E-state index is 0.777. The Kier molecular flexibility index (Phi) is 2.27. The fourth-order valence-electron chi connectivity index (χ4n) is 2.69. The summed E-state index contributed by atoms with van der Waals surface area (Å²) in [6.07, 6.45) is 1.84. The molecule has 20 heavy (non-hydrogen) atoms. The monoisotopic (exact) mass is 259 g/mol. The number of benzene rings is 2. The number of aromatic amines is 1. The lowest BCUT2D eigenvalue weighted by Crippen LogP contribution is -1.90. The standard InChI is InChI=1S/C17H13N3/c18-14-7-3-1-5-11(14)12-9-10-19-16-13-6-2-4-8-15(13)20-17(12)16/h1-10,20H,18H2. The van der Waals surface area contributed by atoms with Gasteiger partial charge in [0.2, 0.25) is 0 Å². The minimum absolute atomic E-state index is 0.777. The molecule has 4 rings (SSSR count). The summed E-state index contributed by atoms with van der Waals surface area (Å²) in [5, 5.41) is 1.14. The van der Waals surface area contributed by atoms with Crippen molar-refractivity contribution in [1.82, 2.24) is 9.97 Å². The summed E-state index contributed by atoms with van der Waals surface area (Å²) in [7, 11) is 0. The van der Waals surface area contributed by atoms with Crippen LogP contribution < -0.4 is 5.73 Å². The number of nitrogens with one attached hydrogen (secondary N) is 1. The van der Waals surface area contributed by atoms with E-state index in [4.69, 9.17) is 5.73 Å². The molecule has 3 N–H and O–H groups in total. The van der Waals surface area contributed by atoms with E-state index in [1.54, 1.807) is 0 Å². The second-order valence-corrected chi connectivity index (χ2v) is 4.84. The van der Waals surface area contributed by atoms with Gasteiger partial charge in [-0.2, -0.15) is 0 Å². The first-order valence-corrected chi connectivity index (χ1v) is 6.55.